The standard InChI is InChI=1S/C22H26N2O6S/c1-14-5-6-17(11-15(14)2)30-13-16(3)23-31(27,28)18-7-8-20(29-4)19(12-18)24-21(25)9-10-22(24)26/h5-8,11-12,16,23H,9-10,13H2,1-4H3/t16-/m0/s1. The first kappa shape index (κ1) is 22.8. The van der Waals surface area contributed by atoms with Crippen molar-refractivity contribution in [2.24, 2.45) is 0 Å². The molecule has 3 rings (SSSR count). The van der Waals surface area contributed by atoms with Crippen LogP contribution in [-0.2, 0) is 19.6 Å². The van der Waals surface area contributed by atoms with Gasteiger partial charge < -0.3 is 9.47 Å². The molecule has 0 saturated carbocycles. The predicted molar refractivity (Wildman–Crippen MR) is 116 cm³/mol. The monoisotopic (exact) mass is 446 g/mol. The molecule has 1 fully saturated rings. The minimum Gasteiger partial charge on any atom is -0.495 e. The second kappa shape index (κ2) is 9.07. The van der Waals surface area contributed by atoms with Crippen LogP contribution in [0.1, 0.15) is 30.9 Å². The van der Waals surface area contributed by atoms with E-state index in [4.69, 9.17) is 9.47 Å². The minimum atomic E-state index is -3.93. The lowest BCUT2D eigenvalue weighted by molar-refractivity contribution is -0.121. The zero-order valence-electron chi connectivity index (χ0n) is 18.0. The summed E-state index contributed by atoms with van der Waals surface area (Å²) in [6, 6.07) is 9.23. The number of sulfonamides is 1. The van der Waals surface area contributed by atoms with Crippen LogP contribution in [0.3, 0.4) is 0 Å². The van der Waals surface area contributed by atoms with Crippen molar-refractivity contribution in [1.82, 2.24) is 4.72 Å². The van der Waals surface area contributed by atoms with Crippen molar-refractivity contribution >= 4 is 27.5 Å². The van der Waals surface area contributed by atoms with Crippen LogP contribution in [0.15, 0.2) is 41.3 Å². The van der Waals surface area contributed by atoms with Gasteiger partial charge in [0.25, 0.3) is 0 Å². The lowest BCUT2D eigenvalue weighted by Gasteiger charge is -2.20. The second-order valence-corrected chi connectivity index (χ2v) is 9.25. The normalized spacial score (nSPS) is 15.3. The maximum Gasteiger partial charge on any atom is 0.241 e. The molecule has 1 N–H and O–H groups in total. The van der Waals surface area contributed by atoms with Crippen LogP contribution in [0.2, 0.25) is 0 Å². The maximum atomic E-state index is 12.9. The first-order valence-electron chi connectivity index (χ1n) is 9.88. The average molecular weight is 447 g/mol. The molecule has 0 radical (unpaired) electrons. The lowest BCUT2D eigenvalue weighted by Crippen LogP contribution is -2.37. The van der Waals surface area contributed by atoms with Gasteiger partial charge in [-0.2, -0.15) is 0 Å². The topological polar surface area (TPSA) is 102 Å². The smallest absolute Gasteiger partial charge is 0.241 e. The largest absolute Gasteiger partial charge is 0.495 e. The fraction of sp³-hybridized carbons (Fsp3) is 0.364. The summed E-state index contributed by atoms with van der Waals surface area (Å²) in [5, 5.41) is 0. The fourth-order valence-electron chi connectivity index (χ4n) is 3.25. The van der Waals surface area contributed by atoms with Crippen molar-refractivity contribution in [2.75, 3.05) is 18.6 Å². The Labute approximate surface area is 182 Å². The van der Waals surface area contributed by atoms with Gasteiger partial charge in [0.05, 0.1) is 23.7 Å². The lowest BCUT2D eigenvalue weighted by atomic mass is 10.1. The van der Waals surface area contributed by atoms with E-state index in [2.05, 4.69) is 4.72 Å². The maximum absolute atomic E-state index is 12.9. The van der Waals surface area contributed by atoms with Crippen molar-refractivity contribution < 1.29 is 27.5 Å². The molecule has 31 heavy (non-hydrogen) atoms. The highest BCUT2D eigenvalue weighted by atomic mass is 32.2. The molecule has 1 aliphatic rings. The van der Waals surface area contributed by atoms with Gasteiger partial charge in [-0.15, -0.1) is 0 Å². The number of anilines is 1. The second-order valence-electron chi connectivity index (χ2n) is 7.54. The number of carbonyl (C=O) groups excluding carboxylic acids is 2. The number of aryl methyl sites for hydroxylation is 2. The number of carbonyl (C=O) groups is 2. The quantitative estimate of drug-likeness (QED) is 0.626. The van der Waals surface area contributed by atoms with E-state index in [9.17, 15) is 18.0 Å². The van der Waals surface area contributed by atoms with Crippen molar-refractivity contribution in [3.63, 3.8) is 0 Å². The number of amides is 2. The number of nitrogens with one attached hydrogen (secondary N) is 1. The molecular formula is C22H26N2O6S. The number of methoxy groups -OCH3 is 1. The molecule has 0 aliphatic carbocycles. The van der Waals surface area contributed by atoms with Crippen LogP contribution in [0.4, 0.5) is 5.69 Å². The van der Waals surface area contributed by atoms with E-state index in [0.29, 0.717) is 5.75 Å². The van der Waals surface area contributed by atoms with Crippen LogP contribution >= 0.6 is 0 Å². The Morgan fingerprint density at radius 1 is 1.03 bits per heavy atom. The zero-order chi connectivity index (χ0) is 22.8. The Kier molecular flexibility index (Phi) is 6.66. The van der Waals surface area contributed by atoms with Crippen LogP contribution in [0, 0.1) is 13.8 Å². The van der Waals surface area contributed by atoms with E-state index in [1.807, 2.05) is 32.0 Å². The fourth-order valence-corrected chi connectivity index (χ4v) is 4.50. The van der Waals surface area contributed by atoms with Gasteiger partial charge in [0.1, 0.15) is 18.1 Å². The number of rotatable bonds is 8. The molecule has 0 spiro atoms. The van der Waals surface area contributed by atoms with E-state index in [1.165, 1.54) is 25.3 Å². The molecule has 2 amide bonds. The first-order valence-corrected chi connectivity index (χ1v) is 11.4. The van der Waals surface area contributed by atoms with Gasteiger partial charge in [0.15, 0.2) is 0 Å². The van der Waals surface area contributed by atoms with Gasteiger partial charge in [-0.3, -0.25) is 9.59 Å². The Bertz CT molecular complexity index is 1100. The van der Waals surface area contributed by atoms with Gasteiger partial charge in [-0.1, -0.05) is 6.07 Å². The van der Waals surface area contributed by atoms with Gasteiger partial charge >= 0.3 is 0 Å². The van der Waals surface area contributed by atoms with Gasteiger partial charge in [-0.25, -0.2) is 18.0 Å². The van der Waals surface area contributed by atoms with Crippen molar-refractivity contribution in [3.05, 3.63) is 47.5 Å². The van der Waals surface area contributed by atoms with Crippen LogP contribution < -0.4 is 19.1 Å². The molecular weight excluding hydrogens is 420 g/mol. The van der Waals surface area contributed by atoms with E-state index in [-0.39, 0.29) is 47.6 Å². The summed E-state index contributed by atoms with van der Waals surface area (Å²) in [7, 11) is -2.53. The minimum absolute atomic E-state index is 0.0752. The molecule has 0 unspecified atom stereocenters. The SMILES string of the molecule is COc1ccc(S(=O)(=O)N[C@@H](C)COc2ccc(C)c(C)c2)cc1N1C(=O)CCC1=O. The van der Waals surface area contributed by atoms with Crippen molar-refractivity contribution in [1.29, 1.82) is 0 Å². The van der Waals surface area contributed by atoms with E-state index >= 15 is 0 Å². The summed E-state index contributed by atoms with van der Waals surface area (Å²) in [5.74, 6) is 0.127. The van der Waals surface area contributed by atoms with Crippen LogP contribution in [0.25, 0.3) is 0 Å². The third-order valence-electron chi connectivity index (χ3n) is 5.09. The molecule has 2 aromatic rings. The highest BCUT2D eigenvalue weighted by Gasteiger charge is 2.33. The molecule has 1 saturated heterocycles. The van der Waals surface area contributed by atoms with Crippen LogP contribution in [-0.4, -0.2) is 40.0 Å². The molecule has 1 atom stereocenters. The Morgan fingerprint density at radius 2 is 1.71 bits per heavy atom. The Balaban J connectivity index is 1.76. The predicted octanol–water partition coefficient (Wildman–Crippen LogP) is 2.71. The third-order valence-corrected chi connectivity index (χ3v) is 6.67. The molecule has 1 aliphatic heterocycles. The number of benzene rings is 2. The number of nitrogens with zero attached hydrogens (tertiary/aromatic N) is 1. The summed E-state index contributed by atoms with van der Waals surface area (Å²) in [5.41, 5.74) is 2.35. The Hall–Kier alpha value is -2.91. The third kappa shape index (κ3) is 5.05. The number of imide groups is 1. The average Bonchev–Trinajstić information content (AvgIpc) is 3.06. The van der Waals surface area contributed by atoms with E-state index in [0.717, 1.165) is 16.0 Å². The van der Waals surface area contributed by atoms with Gasteiger partial charge in [0.2, 0.25) is 21.8 Å². The summed E-state index contributed by atoms with van der Waals surface area (Å²) in [4.78, 5) is 25.2. The molecule has 8 nitrogen and oxygen atoms in total. The molecule has 2 aromatic carbocycles. The molecule has 1 heterocycles. The van der Waals surface area contributed by atoms with Crippen molar-refractivity contribution in [3.8, 4) is 11.5 Å². The number of hydrogen-bond acceptors (Lipinski definition) is 6. The molecule has 0 bridgehead atoms. The summed E-state index contributed by atoms with van der Waals surface area (Å²) in [6.07, 6.45) is 0.175. The summed E-state index contributed by atoms with van der Waals surface area (Å²) >= 11 is 0. The van der Waals surface area contributed by atoms with E-state index in [1.54, 1.807) is 6.92 Å². The first-order chi connectivity index (χ1) is 14.6. The van der Waals surface area contributed by atoms with Gasteiger partial charge in [0, 0.05) is 12.8 Å². The highest BCUT2D eigenvalue weighted by molar-refractivity contribution is 7.89. The molecule has 0 aromatic heterocycles. The molecule has 166 valence electrons. The van der Waals surface area contributed by atoms with Gasteiger partial charge in [-0.05, 0) is 62.2 Å². The van der Waals surface area contributed by atoms with Crippen molar-refractivity contribution in [2.45, 2.75) is 44.6 Å². The summed E-state index contributed by atoms with van der Waals surface area (Å²) < 4.78 is 39.3. The van der Waals surface area contributed by atoms with Crippen LogP contribution in [0.5, 0.6) is 11.5 Å². The Morgan fingerprint density at radius 3 is 2.32 bits per heavy atom. The zero-order valence-corrected chi connectivity index (χ0v) is 18.8. The van der Waals surface area contributed by atoms with E-state index < -0.39 is 16.1 Å². The summed E-state index contributed by atoms with van der Waals surface area (Å²) in [6.45, 7) is 5.80. The molecule has 9 heteroatoms. The number of ether oxygens (including phenoxy) is 2. The number of hydrogen-bond donors (Lipinski definition) is 1. The highest BCUT2D eigenvalue weighted by Crippen LogP contribution is 2.34.